The van der Waals surface area contributed by atoms with E-state index < -0.39 is 0 Å². The second-order valence-electron chi connectivity index (χ2n) is 5.22. The maximum absolute atomic E-state index is 9.32. The van der Waals surface area contributed by atoms with Crippen molar-refractivity contribution in [2.24, 2.45) is 0 Å². The number of nitriles is 1. The van der Waals surface area contributed by atoms with Gasteiger partial charge in [-0.3, -0.25) is 5.32 Å². The zero-order valence-corrected chi connectivity index (χ0v) is 13.0. The van der Waals surface area contributed by atoms with Gasteiger partial charge in [-0.1, -0.05) is 55.8 Å². The van der Waals surface area contributed by atoms with Crippen LogP contribution >= 0.6 is 0 Å². The van der Waals surface area contributed by atoms with Crippen molar-refractivity contribution >= 4 is 0 Å². The van der Waals surface area contributed by atoms with Crippen LogP contribution in [-0.4, -0.2) is 6.54 Å². The number of unbranched alkanes of at least 4 members (excludes halogenated alkanes) is 1. The average Bonchev–Trinajstić information content (AvgIpc) is 2.58. The third-order valence-corrected chi connectivity index (χ3v) is 3.45. The van der Waals surface area contributed by atoms with Crippen molar-refractivity contribution in [3.8, 4) is 11.8 Å². The zero-order valence-electron chi connectivity index (χ0n) is 13.0. The van der Waals surface area contributed by atoms with Crippen LogP contribution in [0.25, 0.3) is 0 Å². The molecule has 0 saturated carbocycles. The van der Waals surface area contributed by atoms with Crippen LogP contribution in [0.5, 0.6) is 5.75 Å². The van der Waals surface area contributed by atoms with Crippen molar-refractivity contribution in [2.45, 2.75) is 32.4 Å². The molecule has 2 aromatic carbocycles. The number of nitrogens with one attached hydrogen (secondary N) is 1. The molecule has 0 aliphatic heterocycles. The number of hydrogen-bond acceptors (Lipinski definition) is 3. The van der Waals surface area contributed by atoms with Crippen LogP contribution in [0.4, 0.5) is 0 Å². The molecule has 0 radical (unpaired) electrons. The summed E-state index contributed by atoms with van der Waals surface area (Å²) >= 11 is 0. The molecular weight excluding hydrogens is 272 g/mol. The van der Waals surface area contributed by atoms with Crippen LogP contribution in [-0.2, 0) is 6.61 Å². The number of ether oxygens (including phenoxy) is 1. The van der Waals surface area contributed by atoms with Crippen LogP contribution in [0.1, 0.15) is 36.9 Å². The van der Waals surface area contributed by atoms with Gasteiger partial charge in [0.05, 0.1) is 6.07 Å². The molecule has 0 spiro atoms. The Hall–Kier alpha value is -2.31. The first-order chi connectivity index (χ1) is 10.8. The highest BCUT2D eigenvalue weighted by molar-refractivity contribution is 5.33. The first-order valence-electron chi connectivity index (χ1n) is 7.73. The van der Waals surface area contributed by atoms with Gasteiger partial charge in [0, 0.05) is 0 Å². The predicted molar refractivity (Wildman–Crippen MR) is 88.5 cm³/mol. The van der Waals surface area contributed by atoms with Crippen molar-refractivity contribution in [3.05, 3.63) is 65.7 Å². The number of rotatable bonds is 8. The van der Waals surface area contributed by atoms with E-state index in [9.17, 15) is 5.26 Å². The summed E-state index contributed by atoms with van der Waals surface area (Å²) in [6.07, 6.45) is 2.19. The first-order valence-corrected chi connectivity index (χ1v) is 7.73. The second-order valence-corrected chi connectivity index (χ2v) is 5.22. The van der Waals surface area contributed by atoms with Gasteiger partial charge in [-0.2, -0.15) is 5.26 Å². The van der Waals surface area contributed by atoms with E-state index in [1.165, 1.54) is 0 Å². The summed E-state index contributed by atoms with van der Waals surface area (Å²) in [4.78, 5) is 0. The van der Waals surface area contributed by atoms with Gasteiger partial charge in [0.15, 0.2) is 0 Å². The standard InChI is InChI=1S/C19H22N2O/c1-2-3-12-21-19(14-20)17-10-7-11-18(13-17)22-15-16-8-5-4-6-9-16/h4-11,13,19,21H,2-3,12,15H2,1H3. The minimum absolute atomic E-state index is 0.285. The van der Waals surface area contributed by atoms with E-state index in [2.05, 4.69) is 18.3 Å². The maximum atomic E-state index is 9.32. The average molecular weight is 294 g/mol. The van der Waals surface area contributed by atoms with Gasteiger partial charge in [-0.05, 0) is 36.2 Å². The Labute approximate surface area is 132 Å². The lowest BCUT2D eigenvalue weighted by Gasteiger charge is -2.13. The Morgan fingerprint density at radius 2 is 1.95 bits per heavy atom. The highest BCUT2D eigenvalue weighted by atomic mass is 16.5. The lowest BCUT2D eigenvalue weighted by Crippen LogP contribution is -2.21. The fourth-order valence-electron chi connectivity index (χ4n) is 2.19. The first kappa shape index (κ1) is 16.1. The molecule has 1 N–H and O–H groups in total. The van der Waals surface area contributed by atoms with E-state index in [-0.39, 0.29) is 6.04 Å². The molecule has 0 fully saturated rings. The van der Waals surface area contributed by atoms with Gasteiger partial charge in [0.25, 0.3) is 0 Å². The molecule has 0 aliphatic carbocycles. The molecule has 0 bridgehead atoms. The molecule has 114 valence electrons. The third-order valence-electron chi connectivity index (χ3n) is 3.45. The van der Waals surface area contributed by atoms with Crippen LogP contribution < -0.4 is 10.1 Å². The molecule has 0 amide bonds. The Balaban J connectivity index is 1.98. The summed E-state index contributed by atoms with van der Waals surface area (Å²) < 4.78 is 5.82. The predicted octanol–water partition coefficient (Wildman–Crippen LogP) is 4.22. The molecule has 0 aromatic heterocycles. The van der Waals surface area contributed by atoms with E-state index in [1.54, 1.807) is 0 Å². The van der Waals surface area contributed by atoms with E-state index in [4.69, 9.17) is 4.74 Å². The SMILES string of the molecule is CCCCNC(C#N)c1cccc(OCc2ccccc2)c1. The number of nitrogens with zero attached hydrogens (tertiary/aromatic N) is 1. The minimum Gasteiger partial charge on any atom is -0.489 e. The Kier molecular flexibility index (Phi) is 6.47. The third kappa shape index (κ3) is 4.91. The molecule has 0 saturated heterocycles. The molecule has 2 aromatic rings. The van der Waals surface area contributed by atoms with Crippen molar-refractivity contribution < 1.29 is 4.74 Å². The van der Waals surface area contributed by atoms with E-state index >= 15 is 0 Å². The summed E-state index contributed by atoms with van der Waals surface area (Å²) in [6, 6.07) is 19.8. The van der Waals surface area contributed by atoms with Gasteiger partial charge >= 0.3 is 0 Å². The molecular formula is C19H22N2O. The second kappa shape index (κ2) is 8.86. The van der Waals surface area contributed by atoms with Crippen molar-refractivity contribution in [3.63, 3.8) is 0 Å². The lowest BCUT2D eigenvalue weighted by atomic mass is 10.1. The summed E-state index contributed by atoms with van der Waals surface area (Å²) in [7, 11) is 0. The maximum Gasteiger partial charge on any atom is 0.121 e. The zero-order chi connectivity index (χ0) is 15.6. The Morgan fingerprint density at radius 1 is 1.14 bits per heavy atom. The van der Waals surface area contributed by atoms with Gasteiger partial charge in [0.1, 0.15) is 18.4 Å². The highest BCUT2D eigenvalue weighted by Gasteiger charge is 2.10. The van der Waals surface area contributed by atoms with E-state index in [1.807, 2.05) is 54.6 Å². The van der Waals surface area contributed by atoms with Crippen LogP contribution in [0.3, 0.4) is 0 Å². The van der Waals surface area contributed by atoms with E-state index in [0.717, 1.165) is 36.3 Å². The molecule has 1 atom stereocenters. The molecule has 0 heterocycles. The molecule has 22 heavy (non-hydrogen) atoms. The molecule has 3 heteroatoms. The molecule has 1 unspecified atom stereocenters. The monoisotopic (exact) mass is 294 g/mol. The van der Waals surface area contributed by atoms with Crippen LogP contribution in [0.15, 0.2) is 54.6 Å². The van der Waals surface area contributed by atoms with Gasteiger partial charge in [0.2, 0.25) is 0 Å². The molecule has 3 nitrogen and oxygen atoms in total. The van der Waals surface area contributed by atoms with Gasteiger partial charge in [-0.25, -0.2) is 0 Å². The quantitative estimate of drug-likeness (QED) is 0.741. The van der Waals surface area contributed by atoms with Gasteiger partial charge in [-0.15, -0.1) is 0 Å². The summed E-state index contributed by atoms with van der Waals surface area (Å²) in [5.74, 6) is 0.791. The van der Waals surface area contributed by atoms with Gasteiger partial charge < -0.3 is 4.74 Å². The fraction of sp³-hybridized carbons (Fsp3) is 0.316. The Bertz CT molecular complexity index is 604. The van der Waals surface area contributed by atoms with Crippen LogP contribution in [0.2, 0.25) is 0 Å². The van der Waals surface area contributed by atoms with Crippen molar-refractivity contribution in [2.75, 3.05) is 6.54 Å². The number of benzene rings is 2. The summed E-state index contributed by atoms with van der Waals surface area (Å²) in [5, 5.41) is 12.6. The molecule has 0 aliphatic rings. The lowest BCUT2D eigenvalue weighted by molar-refractivity contribution is 0.305. The minimum atomic E-state index is -0.285. The topological polar surface area (TPSA) is 45.0 Å². The highest BCUT2D eigenvalue weighted by Crippen LogP contribution is 2.20. The van der Waals surface area contributed by atoms with Crippen LogP contribution in [0, 0.1) is 11.3 Å². The smallest absolute Gasteiger partial charge is 0.121 e. The number of hydrogen-bond donors (Lipinski definition) is 1. The van der Waals surface area contributed by atoms with E-state index in [0.29, 0.717) is 6.61 Å². The normalized spacial score (nSPS) is 11.6. The summed E-state index contributed by atoms with van der Waals surface area (Å²) in [6.45, 7) is 3.52. The van der Waals surface area contributed by atoms with Crippen molar-refractivity contribution in [1.29, 1.82) is 5.26 Å². The molecule has 2 rings (SSSR count). The Morgan fingerprint density at radius 3 is 2.68 bits per heavy atom. The fourth-order valence-corrected chi connectivity index (χ4v) is 2.19. The van der Waals surface area contributed by atoms with Crippen molar-refractivity contribution in [1.82, 2.24) is 5.32 Å². The summed E-state index contributed by atoms with van der Waals surface area (Å²) in [5.41, 5.74) is 2.08. The largest absolute Gasteiger partial charge is 0.489 e.